The number of para-hydroxylation sites is 2. The number of rotatable bonds is 6. The van der Waals surface area contributed by atoms with Gasteiger partial charge in [-0.2, -0.15) is 19.6 Å². The highest BCUT2D eigenvalue weighted by Crippen LogP contribution is 2.24. The van der Waals surface area contributed by atoms with Crippen LogP contribution >= 0.6 is 15.9 Å². The maximum Gasteiger partial charge on any atom is 0.412 e. The lowest BCUT2D eigenvalue weighted by Crippen LogP contribution is -2.27. The summed E-state index contributed by atoms with van der Waals surface area (Å²) < 4.78 is 12.5. The van der Waals surface area contributed by atoms with Crippen molar-refractivity contribution in [1.82, 2.24) is 19.6 Å². The van der Waals surface area contributed by atoms with Crippen LogP contribution in [0.4, 0.5) is 27.8 Å². The molecule has 0 atom stereocenters. The van der Waals surface area contributed by atoms with E-state index in [1.54, 1.807) is 22.8 Å². The molecule has 1 amide bonds. The van der Waals surface area contributed by atoms with Crippen molar-refractivity contribution in [2.45, 2.75) is 51.7 Å². The van der Waals surface area contributed by atoms with E-state index in [-0.39, 0.29) is 12.6 Å². The molecule has 0 aliphatic carbocycles. The summed E-state index contributed by atoms with van der Waals surface area (Å²) in [5, 5.41) is 16.5. The molecule has 6 rings (SSSR count). The number of nitrogens with two attached hydrogens (primary N) is 3. The Morgan fingerprint density at radius 1 is 0.918 bits per heavy atom. The number of furan rings is 1. The predicted octanol–water partition coefficient (Wildman–Crippen LogP) is 7.14. The number of hydrogen-bond acceptors (Lipinski definition) is 10. The number of aryl methyl sites for hydroxylation is 1. The fraction of sp³-hybridized carbons (Fsp3) is 0.222. The van der Waals surface area contributed by atoms with Crippen LogP contribution in [-0.4, -0.2) is 36.4 Å². The summed E-state index contributed by atoms with van der Waals surface area (Å²) in [5.41, 5.74) is 23.3. The Morgan fingerprint density at radius 2 is 1.59 bits per heavy atom. The molecule has 13 heteroatoms. The van der Waals surface area contributed by atoms with Gasteiger partial charge < -0.3 is 31.5 Å². The molecule has 0 unspecified atom stereocenters. The minimum absolute atomic E-state index is 0.0205. The van der Waals surface area contributed by atoms with Gasteiger partial charge in [-0.15, -0.1) is 0 Å². The molecule has 3 aromatic carbocycles. The Kier molecular flexibility index (Phi) is 12.4. The van der Waals surface area contributed by atoms with Gasteiger partial charge in [0.1, 0.15) is 11.4 Å². The molecule has 0 radical (unpaired) electrons. The smallest absolute Gasteiger partial charge is 0.412 e. The van der Waals surface area contributed by atoms with Gasteiger partial charge in [-0.3, -0.25) is 5.32 Å². The number of nitrogens with one attached hydrogen (secondary N) is 1. The van der Waals surface area contributed by atoms with Crippen molar-refractivity contribution in [3.05, 3.63) is 119 Å². The molecule has 0 saturated heterocycles. The summed E-state index contributed by atoms with van der Waals surface area (Å²) in [6.07, 6.45) is 2.02. The first-order valence-electron chi connectivity index (χ1n) is 15.4. The number of aliphatic hydroxyl groups excluding tert-OH is 1. The SMILES string of the molecule is CC(C)(C)OC(=O)Nc1ccccc1CBr.Cc1ccc(-c2nc(N)nc3c(Cc4ccc(N)cc4)cnn23)o1.Nc1ccccc1CO. The van der Waals surface area contributed by atoms with E-state index in [2.05, 4.69) is 36.3 Å². The maximum absolute atomic E-state index is 11.5. The third-order valence-corrected chi connectivity index (χ3v) is 7.42. The highest BCUT2D eigenvalue weighted by Gasteiger charge is 2.17. The molecule has 8 N–H and O–H groups in total. The monoisotopic (exact) mass is 728 g/mol. The second-order valence-corrected chi connectivity index (χ2v) is 12.5. The molecule has 0 saturated carbocycles. The molecule has 0 fully saturated rings. The van der Waals surface area contributed by atoms with Crippen LogP contribution in [0.5, 0.6) is 0 Å². The number of aromatic nitrogens is 4. The molecule has 0 bridgehead atoms. The molecule has 0 aliphatic rings. The molecule has 3 heterocycles. The number of fused-ring (bicyclic) bond motifs is 1. The number of ether oxygens (including phenoxy) is 1. The minimum atomic E-state index is -0.479. The largest absolute Gasteiger partial charge is 0.458 e. The first-order valence-corrected chi connectivity index (χ1v) is 16.5. The van der Waals surface area contributed by atoms with Crippen LogP contribution < -0.4 is 22.5 Å². The van der Waals surface area contributed by atoms with E-state index in [4.69, 9.17) is 31.5 Å². The van der Waals surface area contributed by atoms with Crippen LogP contribution in [0.15, 0.2) is 95.5 Å². The highest BCUT2D eigenvalue weighted by atomic mass is 79.9. The lowest BCUT2D eigenvalue weighted by atomic mass is 10.1. The number of amides is 1. The van der Waals surface area contributed by atoms with Crippen LogP contribution in [0.25, 0.3) is 17.2 Å². The number of carbonyl (C=O) groups excluding carboxylic acids is 1. The van der Waals surface area contributed by atoms with Crippen LogP contribution in [-0.2, 0) is 23.1 Å². The average Bonchev–Trinajstić information content (AvgIpc) is 3.68. The Labute approximate surface area is 293 Å². The maximum atomic E-state index is 11.5. The molecule has 0 aliphatic heterocycles. The van der Waals surface area contributed by atoms with Gasteiger partial charge in [-0.25, -0.2) is 4.79 Å². The molecule has 0 spiro atoms. The lowest BCUT2D eigenvalue weighted by Gasteiger charge is -2.20. The van der Waals surface area contributed by atoms with E-state index in [9.17, 15) is 4.79 Å². The van der Waals surface area contributed by atoms with Gasteiger partial charge in [0, 0.05) is 39.9 Å². The van der Waals surface area contributed by atoms with Gasteiger partial charge in [-0.05, 0) is 75.2 Å². The molecule has 3 aromatic heterocycles. The van der Waals surface area contributed by atoms with Crippen LogP contribution in [0, 0.1) is 6.92 Å². The van der Waals surface area contributed by atoms with Crippen molar-refractivity contribution in [3.63, 3.8) is 0 Å². The predicted molar refractivity (Wildman–Crippen MR) is 197 cm³/mol. The summed E-state index contributed by atoms with van der Waals surface area (Å²) in [6.45, 7) is 7.41. The highest BCUT2D eigenvalue weighted by molar-refractivity contribution is 9.08. The third-order valence-electron chi connectivity index (χ3n) is 6.82. The summed E-state index contributed by atoms with van der Waals surface area (Å²) in [4.78, 5) is 20.2. The van der Waals surface area contributed by atoms with Gasteiger partial charge in [0.25, 0.3) is 0 Å². The average molecular weight is 730 g/mol. The van der Waals surface area contributed by atoms with Crippen molar-refractivity contribution in [2.75, 3.05) is 22.5 Å². The number of benzene rings is 3. The second kappa shape index (κ2) is 16.6. The summed E-state index contributed by atoms with van der Waals surface area (Å²) in [7, 11) is 0. The molecule has 12 nitrogen and oxygen atoms in total. The normalized spacial score (nSPS) is 10.8. The van der Waals surface area contributed by atoms with Crippen LogP contribution in [0.3, 0.4) is 0 Å². The second-order valence-electron chi connectivity index (χ2n) is 11.9. The van der Waals surface area contributed by atoms with Gasteiger partial charge >= 0.3 is 6.09 Å². The lowest BCUT2D eigenvalue weighted by molar-refractivity contribution is 0.0635. The van der Waals surface area contributed by atoms with E-state index < -0.39 is 11.7 Å². The molecule has 6 aromatic rings. The van der Waals surface area contributed by atoms with Crippen molar-refractivity contribution in [1.29, 1.82) is 0 Å². The van der Waals surface area contributed by atoms with Gasteiger partial charge in [0.15, 0.2) is 11.4 Å². The zero-order valence-electron chi connectivity index (χ0n) is 27.9. The Bertz CT molecular complexity index is 1980. The molecular formula is C36H41BrN8O4. The zero-order valence-corrected chi connectivity index (χ0v) is 29.4. The van der Waals surface area contributed by atoms with Gasteiger partial charge in [-0.1, -0.05) is 64.5 Å². The van der Waals surface area contributed by atoms with Crippen LogP contribution in [0.2, 0.25) is 0 Å². The third kappa shape index (κ3) is 10.5. The fourth-order valence-electron chi connectivity index (χ4n) is 4.48. The first kappa shape index (κ1) is 36.4. The van der Waals surface area contributed by atoms with E-state index >= 15 is 0 Å². The zero-order chi connectivity index (χ0) is 35.6. The van der Waals surface area contributed by atoms with E-state index in [1.165, 1.54) is 0 Å². The van der Waals surface area contributed by atoms with E-state index in [0.29, 0.717) is 34.7 Å². The number of halogens is 1. The number of nitrogens with zero attached hydrogens (tertiary/aromatic N) is 4. The summed E-state index contributed by atoms with van der Waals surface area (Å²) in [5.74, 6) is 2.12. The first-order chi connectivity index (χ1) is 23.4. The van der Waals surface area contributed by atoms with Gasteiger partial charge in [0.05, 0.1) is 12.8 Å². The minimum Gasteiger partial charge on any atom is -0.458 e. The number of hydrogen-bond donors (Lipinski definition) is 5. The molecule has 49 heavy (non-hydrogen) atoms. The number of carbonyl (C=O) groups is 1. The Morgan fingerprint density at radius 3 is 2.18 bits per heavy atom. The topological polar surface area (TPSA) is 193 Å². The Hall–Kier alpha value is -5.40. The molecular weight excluding hydrogens is 688 g/mol. The summed E-state index contributed by atoms with van der Waals surface area (Å²) >= 11 is 3.37. The van der Waals surface area contributed by atoms with Crippen molar-refractivity contribution in [3.8, 4) is 11.6 Å². The van der Waals surface area contributed by atoms with Crippen molar-refractivity contribution >= 4 is 50.7 Å². The number of alkyl halides is 1. The molecule has 256 valence electrons. The van der Waals surface area contributed by atoms with Gasteiger partial charge in [0.2, 0.25) is 11.8 Å². The fourth-order valence-corrected chi connectivity index (χ4v) is 4.97. The summed E-state index contributed by atoms with van der Waals surface area (Å²) in [6, 6.07) is 26.3. The van der Waals surface area contributed by atoms with Crippen molar-refractivity contribution in [2.24, 2.45) is 0 Å². The van der Waals surface area contributed by atoms with Crippen LogP contribution in [0.1, 0.15) is 48.8 Å². The van der Waals surface area contributed by atoms with E-state index in [0.717, 1.165) is 39.4 Å². The Balaban J connectivity index is 0.000000186. The number of nitrogen functional groups attached to an aromatic ring is 3. The standard InChI is InChI=1S/C17H16N6O.C12H16BrNO2.C7H9NO/c1-10-2-7-14(24-10)16-22-17(19)21-15-12(9-20-23(15)16)8-11-3-5-13(18)6-4-11;1-12(2,3)16-11(15)14-10-7-5-4-6-9(10)8-13;8-7-4-2-1-3-6(7)5-9/h2-7,9H,8,18H2,1H3,(H2,19,21);4-7H,8H2,1-3H3,(H,14,15);1-4,9H,5,8H2. The number of aliphatic hydroxyl groups is 1. The van der Waals surface area contributed by atoms with Crippen molar-refractivity contribution < 1.29 is 19.1 Å². The number of anilines is 4. The quantitative estimate of drug-likeness (QED) is 0.0869. The van der Waals surface area contributed by atoms with E-state index in [1.807, 2.05) is 100 Å².